The second-order valence-electron chi connectivity index (χ2n) is 9.53. The third-order valence-electron chi connectivity index (χ3n) is 6.92. The first-order valence-corrected chi connectivity index (χ1v) is 22.4. The van der Waals surface area contributed by atoms with Gasteiger partial charge >= 0.3 is 194 Å². The molecule has 0 saturated heterocycles. The van der Waals surface area contributed by atoms with E-state index in [1.807, 2.05) is 14.2 Å². The molecule has 0 aliphatic carbocycles. The van der Waals surface area contributed by atoms with E-state index >= 15 is 0 Å². The predicted molar refractivity (Wildman–Crippen MR) is 146 cm³/mol. The summed E-state index contributed by atoms with van der Waals surface area (Å²) in [5, 5.41) is 2.49. The Morgan fingerprint density at radius 3 is 1.77 bits per heavy atom. The molecule has 0 aliphatic rings. The van der Waals surface area contributed by atoms with Crippen molar-refractivity contribution in [2.24, 2.45) is 0 Å². The first-order chi connectivity index (χ1) is 14.7. The number of aryl methyl sites for hydroxylation is 1. The molecule has 2 aromatic heterocycles. The Labute approximate surface area is 200 Å². The van der Waals surface area contributed by atoms with Crippen LogP contribution in [0.1, 0.15) is 117 Å². The number of hydrogen-bond donors (Lipinski definition) is 0. The zero-order valence-corrected chi connectivity index (χ0v) is 25.0. The molecule has 0 amide bonds. The summed E-state index contributed by atoms with van der Waals surface area (Å²) >= 11 is 2.06. The molecule has 2 aromatic rings. The fraction of sp³-hybridized carbons (Fsp3) is 0.778. The van der Waals surface area contributed by atoms with Crippen molar-refractivity contribution in [3.8, 4) is 0 Å². The van der Waals surface area contributed by atoms with E-state index in [0.29, 0.717) is 0 Å². The van der Waals surface area contributed by atoms with E-state index in [4.69, 9.17) is 0 Å². The van der Waals surface area contributed by atoms with Gasteiger partial charge in [-0.1, -0.05) is 6.92 Å². The van der Waals surface area contributed by atoms with Crippen LogP contribution in [0.15, 0.2) is 11.4 Å². The molecule has 0 bridgehead atoms. The quantitative estimate of drug-likeness (QED) is 0.127. The van der Waals surface area contributed by atoms with Crippen molar-refractivity contribution in [2.45, 2.75) is 131 Å². The maximum absolute atomic E-state index is 2.70. The van der Waals surface area contributed by atoms with Crippen molar-refractivity contribution in [1.29, 1.82) is 0 Å². The average Bonchev–Trinajstić information content (AvgIpc) is 3.35. The molecule has 0 nitrogen and oxygen atoms in total. The van der Waals surface area contributed by atoms with Crippen molar-refractivity contribution >= 4 is 53.3 Å². The Morgan fingerprint density at radius 1 is 0.667 bits per heavy atom. The van der Waals surface area contributed by atoms with Gasteiger partial charge in [0.2, 0.25) is 0 Å². The minimum atomic E-state index is -2.25. The van der Waals surface area contributed by atoms with Crippen LogP contribution >= 0.6 is 22.7 Å². The van der Waals surface area contributed by atoms with E-state index in [2.05, 4.69) is 50.5 Å². The molecule has 30 heavy (non-hydrogen) atoms. The Balaban J connectivity index is 2.09. The minimum absolute atomic E-state index is 1.31. The van der Waals surface area contributed by atoms with Crippen molar-refractivity contribution < 1.29 is 0 Å². The molecule has 172 valence electrons. The number of unbranched alkanes of at least 4 members (excludes halogenated alkanes) is 9. The van der Waals surface area contributed by atoms with Gasteiger partial charge in [0.1, 0.15) is 0 Å². The second-order valence-corrected chi connectivity index (χ2v) is 25.7. The second kappa shape index (κ2) is 15.3. The summed E-state index contributed by atoms with van der Waals surface area (Å²) in [6, 6.07) is 2.70. The van der Waals surface area contributed by atoms with E-state index in [0.717, 1.165) is 0 Å². The van der Waals surface area contributed by atoms with E-state index in [-0.39, 0.29) is 0 Å². The topological polar surface area (TPSA) is 0 Å². The molecule has 0 aromatic carbocycles. The van der Waals surface area contributed by atoms with Crippen LogP contribution in [0.3, 0.4) is 0 Å². The van der Waals surface area contributed by atoms with Gasteiger partial charge in [-0.3, -0.25) is 0 Å². The van der Waals surface area contributed by atoms with Gasteiger partial charge in [0.15, 0.2) is 0 Å². The van der Waals surface area contributed by atoms with Gasteiger partial charge in [-0.2, -0.15) is 0 Å². The first-order valence-electron chi connectivity index (χ1n) is 13.2. The van der Waals surface area contributed by atoms with Crippen molar-refractivity contribution in [2.75, 3.05) is 0 Å². The van der Waals surface area contributed by atoms with E-state index < -0.39 is 18.4 Å². The summed E-state index contributed by atoms with van der Waals surface area (Å²) < 4.78 is 10.1. The summed E-state index contributed by atoms with van der Waals surface area (Å²) in [6.45, 7) is 9.49. The van der Waals surface area contributed by atoms with Gasteiger partial charge in [0, 0.05) is 0 Å². The van der Waals surface area contributed by atoms with Crippen LogP contribution in [0.5, 0.6) is 0 Å². The Bertz CT molecular complexity index is 662. The molecule has 0 aliphatic heterocycles. The fourth-order valence-corrected chi connectivity index (χ4v) is 26.7. The number of thiophene rings is 2. The zero-order chi connectivity index (χ0) is 21.7. The standard InChI is InChI=1S/C15H21S2.3C4H9.Sn/c1-2-3-4-5-6-7-8-9-13-12-17-14-10-11-16-15(13)14;3*1-3-4-2;/h10,12H,2-9H2,1H3;3*1,3-4H2,2H3;. The van der Waals surface area contributed by atoms with Gasteiger partial charge in [-0.05, 0) is 0 Å². The van der Waals surface area contributed by atoms with Crippen LogP contribution in [0.2, 0.25) is 13.3 Å². The van der Waals surface area contributed by atoms with Crippen LogP contribution in [-0.2, 0) is 6.42 Å². The zero-order valence-electron chi connectivity index (χ0n) is 20.5. The van der Waals surface area contributed by atoms with Gasteiger partial charge in [-0.15, -0.1) is 0 Å². The molecule has 0 spiro atoms. The maximum atomic E-state index is 2.70. The van der Waals surface area contributed by atoms with Crippen molar-refractivity contribution in [1.82, 2.24) is 0 Å². The summed E-state index contributed by atoms with van der Waals surface area (Å²) in [5.74, 6) is 0. The van der Waals surface area contributed by atoms with Gasteiger partial charge in [0.25, 0.3) is 0 Å². The number of rotatable bonds is 18. The fourth-order valence-electron chi connectivity index (χ4n) is 4.87. The Hall–Kier alpha value is 0.459. The van der Waals surface area contributed by atoms with Crippen molar-refractivity contribution in [3.63, 3.8) is 0 Å². The molecule has 0 unspecified atom stereocenters. The summed E-state index contributed by atoms with van der Waals surface area (Å²) in [6.07, 6.45) is 19.8. The number of hydrogen-bond acceptors (Lipinski definition) is 2. The summed E-state index contributed by atoms with van der Waals surface area (Å²) in [7, 11) is 0. The van der Waals surface area contributed by atoms with Gasteiger partial charge in [-0.25, -0.2) is 0 Å². The van der Waals surface area contributed by atoms with Crippen LogP contribution < -0.4 is 2.89 Å². The monoisotopic (exact) mass is 556 g/mol. The SMILES string of the molecule is CCCCCCCCCc1csc2c[c]([Sn]([CH2]CCC)([CH2]CCC)[CH2]CCC)sc12. The molecule has 0 saturated carbocycles. The molecular formula is C27H48S2Sn. The van der Waals surface area contributed by atoms with E-state index in [9.17, 15) is 0 Å². The van der Waals surface area contributed by atoms with Gasteiger partial charge in [0.05, 0.1) is 0 Å². The first kappa shape index (κ1) is 26.7. The Morgan fingerprint density at radius 2 is 1.20 bits per heavy atom. The third kappa shape index (κ3) is 8.10. The molecule has 0 radical (unpaired) electrons. The molecule has 3 heteroatoms. The van der Waals surface area contributed by atoms with E-state index in [1.165, 1.54) is 89.9 Å². The van der Waals surface area contributed by atoms with Gasteiger partial charge < -0.3 is 0 Å². The average molecular weight is 556 g/mol. The predicted octanol–water partition coefficient (Wildman–Crippen LogP) is 10.3. The molecule has 2 heterocycles. The third-order valence-corrected chi connectivity index (χ3v) is 27.4. The van der Waals surface area contributed by atoms with Crippen LogP contribution in [0, 0.1) is 0 Å². The molecule has 0 atom stereocenters. The summed E-state index contributed by atoms with van der Waals surface area (Å²) in [5.41, 5.74) is 1.68. The molecular weight excluding hydrogens is 507 g/mol. The normalized spacial score (nSPS) is 12.3. The Kier molecular flexibility index (Phi) is 13.6. The van der Waals surface area contributed by atoms with E-state index in [1.54, 1.807) is 28.3 Å². The summed E-state index contributed by atoms with van der Waals surface area (Å²) in [4.78, 5) is 0. The molecule has 0 N–H and O–H groups in total. The van der Waals surface area contributed by atoms with Crippen LogP contribution in [0.4, 0.5) is 0 Å². The van der Waals surface area contributed by atoms with Crippen LogP contribution in [-0.4, -0.2) is 18.4 Å². The molecule has 0 fully saturated rings. The van der Waals surface area contributed by atoms with Crippen LogP contribution in [0.25, 0.3) is 9.40 Å². The number of fused-ring (bicyclic) bond motifs is 1. The van der Waals surface area contributed by atoms with Crippen molar-refractivity contribution in [3.05, 3.63) is 17.0 Å². The molecule has 2 rings (SSSR count).